The first-order valence-electron chi connectivity index (χ1n) is 8.73. The van der Waals surface area contributed by atoms with E-state index in [1.54, 1.807) is 11.9 Å². The zero-order valence-corrected chi connectivity index (χ0v) is 16.8. The van der Waals surface area contributed by atoms with Gasteiger partial charge < -0.3 is 4.90 Å². The molecule has 6 nitrogen and oxygen atoms in total. The summed E-state index contributed by atoms with van der Waals surface area (Å²) in [7, 11) is -2.28. The molecule has 0 bridgehead atoms. The molecule has 3 rings (SSSR count). The maximum Gasteiger partial charge on any atom is 0.435 e. The van der Waals surface area contributed by atoms with E-state index in [-0.39, 0.29) is 21.8 Å². The van der Waals surface area contributed by atoms with Crippen LogP contribution in [0.3, 0.4) is 0 Å². The Labute approximate surface area is 170 Å². The van der Waals surface area contributed by atoms with Crippen molar-refractivity contribution in [1.29, 1.82) is 0 Å². The molecular weight excluding hydrogens is 424 g/mol. The molecule has 0 saturated carbocycles. The highest BCUT2D eigenvalue weighted by Crippen LogP contribution is 2.34. The topological polar surface area (TPSA) is 81.2 Å². The van der Waals surface area contributed by atoms with E-state index in [9.17, 15) is 26.0 Å². The van der Waals surface area contributed by atoms with Crippen LogP contribution in [0.25, 0.3) is 16.9 Å². The fourth-order valence-electron chi connectivity index (χ4n) is 2.85. The zero-order valence-electron chi connectivity index (χ0n) is 16.0. The highest BCUT2D eigenvalue weighted by atomic mass is 32.2. The number of aromatic nitrogens is 2. The third-order valence-corrected chi connectivity index (χ3v) is 5.47. The quantitative estimate of drug-likeness (QED) is 0.610. The minimum Gasteiger partial charge on any atom is -0.373 e. The number of alkyl halides is 3. The Kier molecular flexibility index (Phi) is 5.61. The highest BCUT2D eigenvalue weighted by molar-refractivity contribution is 7.89. The number of benzene rings is 2. The van der Waals surface area contributed by atoms with Crippen molar-refractivity contribution in [3.05, 3.63) is 60.0 Å². The van der Waals surface area contributed by atoms with E-state index in [2.05, 4.69) is 5.10 Å². The van der Waals surface area contributed by atoms with Crippen molar-refractivity contribution < 1.29 is 26.0 Å². The van der Waals surface area contributed by atoms with Crippen LogP contribution in [0.4, 0.5) is 23.2 Å². The Hall–Kier alpha value is -2.92. The Morgan fingerprint density at radius 2 is 1.73 bits per heavy atom. The number of nitrogens with two attached hydrogens (primary N) is 1. The summed E-state index contributed by atoms with van der Waals surface area (Å²) < 4.78 is 78.2. The van der Waals surface area contributed by atoms with E-state index in [0.29, 0.717) is 12.2 Å². The monoisotopic (exact) mass is 442 g/mol. The second-order valence-corrected chi connectivity index (χ2v) is 8.11. The van der Waals surface area contributed by atoms with Gasteiger partial charge in [0.05, 0.1) is 22.0 Å². The van der Waals surface area contributed by atoms with Gasteiger partial charge in [-0.3, -0.25) is 0 Å². The van der Waals surface area contributed by atoms with Crippen LogP contribution in [-0.2, 0) is 16.2 Å². The fraction of sp³-hybridized carbons (Fsp3) is 0.211. The van der Waals surface area contributed by atoms with E-state index < -0.39 is 27.7 Å². The van der Waals surface area contributed by atoms with Crippen LogP contribution in [0.2, 0.25) is 0 Å². The molecule has 0 saturated heterocycles. The van der Waals surface area contributed by atoms with E-state index >= 15 is 0 Å². The molecule has 0 spiro atoms. The van der Waals surface area contributed by atoms with Crippen LogP contribution in [-0.4, -0.2) is 31.8 Å². The van der Waals surface area contributed by atoms with Crippen molar-refractivity contribution in [2.75, 3.05) is 18.5 Å². The normalized spacial score (nSPS) is 12.2. The molecule has 3 aromatic rings. The van der Waals surface area contributed by atoms with Crippen LogP contribution < -0.4 is 10.0 Å². The molecule has 2 N–H and O–H groups in total. The standard InChI is InChI=1S/C19H18F4N4O2S/c1-3-26(2)16-9-4-12(10-15(16)20)17-11-18(19(21,22)23)25-27(17)13-5-7-14(8-6-13)30(24,28)29/h4-11H,3H2,1-2H3,(H2,24,28,29). The molecule has 0 unspecified atom stereocenters. The Morgan fingerprint density at radius 1 is 1.10 bits per heavy atom. The third kappa shape index (κ3) is 4.31. The molecule has 1 aromatic heterocycles. The lowest BCUT2D eigenvalue weighted by molar-refractivity contribution is -0.141. The van der Waals surface area contributed by atoms with Crippen molar-refractivity contribution in [1.82, 2.24) is 9.78 Å². The summed E-state index contributed by atoms with van der Waals surface area (Å²) in [5, 5.41) is 8.65. The summed E-state index contributed by atoms with van der Waals surface area (Å²) >= 11 is 0. The van der Waals surface area contributed by atoms with Crippen LogP contribution in [0, 0.1) is 5.82 Å². The average molecular weight is 442 g/mol. The van der Waals surface area contributed by atoms with Gasteiger partial charge in [-0.1, -0.05) is 6.07 Å². The van der Waals surface area contributed by atoms with Crippen LogP contribution in [0.1, 0.15) is 12.6 Å². The van der Waals surface area contributed by atoms with E-state index in [1.165, 1.54) is 24.3 Å². The predicted molar refractivity (Wildman–Crippen MR) is 104 cm³/mol. The fourth-order valence-corrected chi connectivity index (χ4v) is 3.36. The Morgan fingerprint density at radius 3 is 2.23 bits per heavy atom. The predicted octanol–water partition coefficient (Wildman–Crippen LogP) is 3.80. The second-order valence-electron chi connectivity index (χ2n) is 6.54. The van der Waals surface area contributed by atoms with Crippen LogP contribution in [0.5, 0.6) is 0 Å². The molecular formula is C19H18F4N4O2S. The molecule has 2 aromatic carbocycles. The van der Waals surface area contributed by atoms with Crippen LogP contribution >= 0.6 is 0 Å². The summed E-state index contributed by atoms with van der Waals surface area (Å²) in [5.41, 5.74) is -0.526. The van der Waals surface area contributed by atoms with Gasteiger partial charge in [-0.25, -0.2) is 22.6 Å². The average Bonchev–Trinajstić information content (AvgIpc) is 3.12. The van der Waals surface area contributed by atoms with Crippen LogP contribution in [0.15, 0.2) is 53.4 Å². The molecule has 0 aliphatic heterocycles. The number of sulfonamides is 1. The number of hydrogen-bond acceptors (Lipinski definition) is 4. The molecule has 11 heteroatoms. The van der Waals surface area contributed by atoms with Gasteiger partial charge in [-0.05, 0) is 49.4 Å². The second kappa shape index (κ2) is 7.73. The number of rotatable bonds is 5. The third-order valence-electron chi connectivity index (χ3n) is 4.54. The van der Waals surface area contributed by atoms with Gasteiger partial charge in [0.15, 0.2) is 5.69 Å². The summed E-state index contributed by atoms with van der Waals surface area (Å²) in [5.74, 6) is -0.595. The molecule has 0 radical (unpaired) electrons. The van der Waals surface area contributed by atoms with Gasteiger partial charge in [0.25, 0.3) is 0 Å². The highest BCUT2D eigenvalue weighted by Gasteiger charge is 2.35. The van der Waals surface area contributed by atoms with E-state index in [1.807, 2.05) is 6.92 Å². The lowest BCUT2D eigenvalue weighted by Gasteiger charge is -2.18. The molecule has 0 atom stereocenters. The lowest BCUT2D eigenvalue weighted by atomic mass is 10.1. The van der Waals surface area contributed by atoms with E-state index in [4.69, 9.17) is 5.14 Å². The van der Waals surface area contributed by atoms with Gasteiger partial charge in [-0.15, -0.1) is 0 Å². The summed E-state index contributed by atoms with van der Waals surface area (Å²) in [4.78, 5) is 1.46. The van der Waals surface area contributed by atoms with Crippen molar-refractivity contribution in [2.45, 2.75) is 18.0 Å². The molecule has 30 heavy (non-hydrogen) atoms. The summed E-state index contributed by atoms with van der Waals surface area (Å²) in [6, 6.07) is 9.77. The number of anilines is 1. The molecule has 0 aliphatic rings. The Bertz CT molecular complexity index is 1170. The number of nitrogens with zero attached hydrogens (tertiary/aromatic N) is 3. The van der Waals surface area contributed by atoms with Crippen molar-refractivity contribution in [3.63, 3.8) is 0 Å². The minimum atomic E-state index is -4.72. The largest absolute Gasteiger partial charge is 0.435 e. The molecule has 160 valence electrons. The summed E-state index contributed by atoms with van der Waals surface area (Å²) in [6.07, 6.45) is -4.72. The van der Waals surface area contributed by atoms with Gasteiger partial charge in [0.2, 0.25) is 10.0 Å². The summed E-state index contributed by atoms with van der Waals surface area (Å²) in [6.45, 7) is 2.38. The maximum absolute atomic E-state index is 14.6. The van der Waals surface area contributed by atoms with Gasteiger partial charge in [0.1, 0.15) is 5.82 Å². The van der Waals surface area contributed by atoms with Gasteiger partial charge in [-0.2, -0.15) is 18.3 Å². The molecule has 0 amide bonds. The van der Waals surface area contributed by atoms with Crippen molar-refractivity contribution in [3.8, 4) is 16.9 Å². The van der Waals surface area contributed by atoms with Gasteiger partial charge >= 0.3 is 6.18 Å². The molecule has 0 fully saturated rings. The SMILES string of the molecule is CCN(C)c1ccc(-c2cc(C(F)(F)F)nn2-c2ccc(S(N)(=O)=O)cc2)cc1F. The Balaban J connectivity index is 2.15. The van der Waals surface area contributed by atoms with E-state index in [0.717, 1.165) is 28.9 Å². The first-order valence-corrected chi connectivity index (χ1v) is 10.3. The number of hydrogen-bond donors (Lipinski definition) is 1. The first kappa shape index (κ1) is 21.8. The molecule has 1 heterocycles. The molecule has 0 aliphatic carbocycles. The first-order chi connectivity index (χ1) is 13.9. The smallest absolute Gasteiger partial charge is 0.373 e. The van der Waals surface area contributed by atoms with Gasteiger partial charge in [0, 0.05) is 19.2 Å². The minimum absolute atomic E-state index is 0.00437. The number of primary sulfonamides is 1. The lowest BCUT2D eigenvalue weighted by Crippen LogP contribution is -2.17. The maximum atomic E-state index is 14.6. The van der Waals surface area contributed by atoms with Crippen molar-refractivity contribution >= 4 is 15.7 Å². The van der Waals surface area contributed by atoms with Crippen molar-refractivity contribution in [2.24, 2.45) is 5.14 Å². The zero-order chi connectivity index (χ0) is 22.3. The number of halogens is 4.